The van der Waals surface area contributed by atoms with Crippen molar-refractivity contribution >= 4 is 23.6 Å². The highest BCUT2D eigenvalue weighted by Crippen LogP contribution is 2.34. The number of rotatable bonds is 6. The van der Waals surface area contributed by atoms with E-state index >= 15 is 0 Å². The van der Waals surface area contributed by atoms with Crippen molar-refractivity contribution in [3.8, 4) is 5.75 Å². The fourth-order valence-corrected chi connectivity index (χ4v) is 4.10. The van der Waals surface area contributed by atoms with Gasteiger partial charge in [0.15, 0.2) is 1.41 Å². The molecule has 0 aromatic heterocycles. The van der Waals surface area contributed by atoms with E-state index in [1.165, 1.54) is 6.07 Å². The predicted octanol–water partition coefficient (Wildman–Crippen LogP) is 1.39. The lowest BCUT2D eigenvalue weighted by atomic mass is 10.0. The molecule has 9 heteroatoms. The van der Waals surface area contributed by atoms with Crippen molar-refractivity contribution in [2.24, 2.45) is 0 Å². The molecule has 176 valence electrons. The molecule has 9 nitrogen and oxygen atoms in total. The molecule has 0 radical (unpaired) electrons. The minimum atomic E-state index is -3.19. The standard InChI is InChI=1S/C25H25N3O6/c29-22-9-8-20(24(31)26-22)28-13-19-18(25(28)32)2-1-3-21(19)34-14-17-6-4-16(5-7-17)12-27-10-11-33-15-23(27)30/h1-7,20H,8-15H2,(H,26,29,31)/i8D2,9D2/hD. The molecule has 1 unspecified atom stereocenters. The second-order valence-electron chi connectivity index (χ2n) is 8.12. The second-order valence-corrected chi connectivity index (χ2v) is 8.12. The van der Waals surface area contributed by atoms with Crippen molar-refractivity contribution in [3.05, 3.63) is 64.7 Å². The smallest absolute Gasteiger partial charge is 0.255 e. The van der Waals surface area contributed by atoms with Gasteiger partial charge in [-0.1, -0.05) is 30.3 Å². The molecule has 2 aromatic carbocycles. The number of imide groups is 1. The minimum absolute atomic E-state index is 0.0589. The number of hydrogen-bond donors (Lipinski definition) is 1. The molecule has 2 saturated heterocycles. The molecule has 4 amide bonds. The van der Waals surface area contributed by atoms with Crippen molar-refractivity contribution in [2.75, 3.05) is 19.8 Å². The zero-order valence-electron chi connectivity index (χ0n) is 23.2. The van der Waals surface area contributed by atoms with Crippen molar-refractivity contribution in [3.63, 3.8) is 0 Å². The Bertz CT molecular complexity index is 1350. The first-order chi connectivity index (χ1) is 18.4. The van der Waals surface area contributed by atoms with Crippen LogP contribution in [-0.2, 0) is 38.8 Å². The molecule has 0 aliphatic carbocycles. The van der Waals surface area contributed by atoms with Gasteiger partial charge in [0.05, 0.1) is 13.2 Å². The lowest BCUT2D eigenvalue weighted by Gasteiger charge is -2.29. The van der Waals surface area contributed by atoms with Gasteiger partial charge in [-0.15, -0.1) is 0 Å². The zero-order valence-corrected chi connectivity index (χ0v) is 18.2. The Morgan fingerprint density at radius 1 is 1.12 bits per heavy atom. The maximum atomic E-state index is 13.2. The van der Waals surface area contributed by atoms with Gasteiger partial charge < -0.3 is 19.3 Å². The number of morpholine rings is 1. The number of nitrogens with one attached hydrogen (secondary N) is 1. The number of amides is 4. The van der Waals surface area contributed by atoms with Gasteiger partial charge in [-0.25, -0.2) is 0 Å². The summed E-state index contributed by atoms with van der Waals surface area (Å²) in [5, 5.41) is -0.210. The van der Waals surface area contributed by atoms with Crippen LogP contribution in [-0.4, -0.2) is 59.2 Å². The molecule has 1 atom stereocenters. The van der Waals surface area contributed by atoms with Crippen LogP contribution in [0.3, 0.4) is 0 Å². The average Bonchev–Trinajstić information content (AvgIpc) is 3.24. The average molecular weight is 469 g/mol. The minimum Gasteiger partial charge on any atom is -0.489 e. The topological polar surface area (TPSA) is 105 Å². The third-order valence-electron chi connectivity index (χ3n) is 5.90. The quantitative estimate of drug-likeness (QED) is 0.643. The lowest BCUT2D eigenvalue weighted by molar-refractivity contribution is -0.143. The van der Waals surface area contributed by atoms with Gasteiger partial charge in [0.1, 0.15) is 25.0 Å². The van der Waals surface area contributed by atoms with E-state index in [1.54, 1.807) is 17.0 Å². The Labute approximate surface area is 203 Å². The van der Waals surface area contributed by atoms with Crippen LogP contribution in [0.25, 0.3) is 0 Å². The van der Waals surface area contributed by atoms with Gasteiger partial charge >= 0.3 is 0 Å². The molecule has 0 spiro atoms. The largest absolute Gasteiger partial charge is 0.489 e. The van der Waals surface area contributed by atoms with E-state index in [0.717, 1.165) is 16.0 Å². The van der Waals surface area contributed by atoms with E-state index in [9.17, 15) is 19.2 Å². The Morgan fingerprint density at radius 2 is 1.91 bits per heavy atom. The number of piperidine rings is 1. The lowest BCUT2D eigenvalue weighted by Crippen LogP contribution is -2.52. The fourth-order valence-electron chi connectivity index (χ4n) is 4.10. The van der Waals surface area contributed by atoms with E-state index in [0.29, 0.717) is 31.0 Å². The summed E-state index contributed by atoms with van der Waals surface area (Å²) in [6, 6.07) is 10.2. The first kappa shape index (κ1) is 16.8. The molecule has 3 heterocycles. The summed E-state index contributed by atoms with van der Waals surface area (Å²) in [4.78, 5) is 52.6. The predicted molar refractivity (Wildman–Crippen MR) is 119 cm³/mol. The van der Waals surface area contributed by atoms with Crippen LogP contribution < -0.4 is 10.0 Å². The van der Waals surface area contributed by atoms with E-state index < -0.39 is 36.5 Å². The third-order valence-corrected chi connectivity index (χ3v) is 5.90. The molecule has 3 aliphatic rings. The molecular weight excluding hydrogens is 438 g/mol. The molecule has 1 N–H and O–H groups in total. The monoisotopic (exact) mass is 468 g/mol. The van der Waals surface area contributed by atoms with Crippen LogP contribution in [0.2, 0.25) is 1.41 Å². The molecule has 0 saturated carbocycles. The van der Waals surface area contributed by atoms with Gasteiger partial charge in [-0.05, 0) is 29.6 Å². The highest BCUT2D eigenvalue weighted by Gasteiger charge is 2.40. The summed E-state index contributed by atoms with van der Waals surface area (Å²) >= 11 is 0. The summed E-state index contributed by atoms with van der Waals surface area (Å²) in [6.07, 6.45) is -6.26. The number of fused-ring (bicyclic) bond motifs is 1. The molecule has 5 rings (SSSR count). The normalized spacial score (nSPS) is 25.8. The second kappa shape index (κ2) is 9.26. The Balaban J connectivity index is 1.31. The number of carbonyl (C=O) groups is 4. The van der Waals surface area contributed by atoms with Gasteiger partial charge in [0.25, 0.3) is 5.91 Å². The van der Waals surface area contributed by atoms with Crippen LogP contribution in [0.4, 0.5) is 0 Å². The molecule has 34 heavy (non-hydrogen) atoms. The third kappa shape index (κ3) is 4.38. The van der Waals surface area contributed by atoms with Crippen molar-refractivity contribution in [1.29, 1.82) is 0 Å². The van der Waals surface area contributed by atoms with E-state index in [1.807, 2.05) is 24.3 Å². The Kier molecular flexibility index (Phi) is 4.58. The van der Waals surface area contributed by atoms with E-state index in [2.05, 4.69) is 0 Å². The van der Waals surface area contributed by atoms with Crippen LogP contribution >= 0.6 is 0 Å². The number of ether oxygens (including phenoxy) is 2. The van der Waals surface area contributed by atoms with Crippen LogP contribution in [0.1, 0.15) is 45.3 Å². The van der Waals surface area contributed by atoms with E-state index in [-0.39, 0.29) is 36.5 Å². The highest BCUT2D eigenvalue weighted by molar-refractivity contribution is 6.05. The SMILES string of the molecule is [2H]N1C(=O)C(N2Cc3c(OCc4ccc(CN5CCOCC5=O)cc4)cccc3C2=O)C([2H])([2H])C([2H])([2H])C1=O. The zero-order chi connectivity index (χ0) is 28.1. The maximum Gasteiger partial charge on any atom is 0.255 e. The van der Waals surface area contributed by atoms with Crippen LogP contribution in [0.15, 0.2) is 42.5 Å². The molecule has 3 aliphatic heterocycles. The molecule has 2 aromatic rings. The van der Waals surface area contributed by atoms with Crippen molar-refractivity contribution in [2.45, 2.75) is 38.5 Å². The maximum absolute atomic E-state index is 13.2. The van der Waals surface area contributed by atoms with E-state index in [4.69, 9.17) is 16.4 Å². The Morgan fingerprint density at radius 3 is 2.71 bits per heavy atom. The van der Waals surface area contributed by atoms with Crippen molar-refractivity contribution < 1.29 is 35.5 Å². The first-order valence-electron chi connectivity index (χ1n) is 13.2. The van der Waals surface area contributed by atoms with Crippen LogP contribution in [0.5, 0.6) is 5.75 Å². The van der Waals surface area contributed by atoms with Gasteiger partial charge in [-0.3, -0.25) is 24.5 Å². The molecule has 2 fully saturated rings. The summed E-state index contributed by atoms with van der Waals surface area (Å²) in [5.74, 6) is -3.39. The Hall–Kier alpha value is -3.72. The molecular formula is C25H25N3O6. The van der Waals surface area contributed by atoms with Crippen LogP contribution in [0, 0.1) is 0 Å². The summed E-state index contributed by atoms with van der Waals surface area (Å²) in [6.45, 7) is 1.48. The fraction of sp³-hybridized carbons (Fsp3) is 0.360. The number of benzene rings is 2. The first-order valence-corrected chi connectivity index (χ1v) is 10.8. The van der Waals surface area contributed by atoms with Gasteiger partial charge in [-0.2, -0.15) is 0 Å². The van der Waals surface area contributed by atoms with Gasteiger partial charge in [0, 0.05) is 36.1 Å². The summed E-state index contributed by atoms with van der Waals surface area (Å²) < 4.78 is 51.1. The number of carbonyl (C=O) groups excluding carboxylic acids is 4. The summed E-state index contributed by atoms with van der Waals surface area (Å²) in [5.41, 5.74) is 2.32. The van der Waals surface area contributed by atoms with Gasteiger partial charge in [0.2, 0.25) is 17.7 Å². The summed E-state index contributed by atoms with van der Waals surface area (Å²) in [7, 11) is 0. The molecule has 0 bridgehead atoms. The highest BCUT2D eigenvalue weighted by atomic mass is 16.5. The number of hydrogen-bond acceptors (Lipinski definition) is 6. The number of nitrogens with zero attached hydrogens (tertiary/aromatic N) is 2. The van der Waals surface area contributed by atoms with Crippen molar-refractivity contribution in [1.82, 2.24) is 15.1 Å².